The molecule has 1 heterocycles. The molecule has 1 N–H and O–H groups in total. The Morgan fingerprint density at radius 3 is 2.83 bits per heavy atom. The van der Waals surface area contributed by atoms with Gasteiger partial charge in [0.1, 0.15) is 0 Å². The molecule has 100 valence electrons. The van der Waals surface area contributed by atoms with Crippen molar-refractivity contribution in [3.05, 3.63) is 28.8 Å². The largest absolute Gasteiger partial charge is 0.392 e. The molecule has 1 atom stereocenters. The number of rotatable bonds is 2. The first-order valence-corrected chi connectivity index (χ1v) is 7.99. The van der Waals surface area contributed by atoms with Crippen LogP contribution in [0.1, 0.15) is 12.5 Å². The molecule has 1 aromatic carbocycles. The molecule has 1 unspecified atom stereocenters. The Hall–Kier alpha value is -0.780. The first kappa shape index (κ1) is 13.6. The Labute approximate surface area is 112 Å². The van der Waals surface area contributed by atoms with Crippen molar-refractivity contribution >= 4 is 27.1 Å². The van der Waals surface area contributed by atoms with Gasteiger partial charge in [0, 0.05) is 28.9 Å². The van der Waals surface area contributed by atoms with Crippen molar-refractivity contribution in [3.63, 3.8) is 0 Å². The van der Waals surface area contributed by atoms with Gasteiger partial charge < -0.3 is 10.0 Å². The maximum Gasteiger partial charge on any atom is 0.154 e. The van der Waals surface area contributed by atoms with Crippen LogP contribution in [0.3, 0.4) is 0 Å². The smallest absolute Gasteiger partial charge is 0.154 e. The molecule has 1 fully saturated rings. The van der Waals surface area contributed by atoms with Gasteiger partial charge in [0.15, 0.2) is 9.84 Å². The molecule has 18 heavy (non-hydrogen) atoms. The predicted molar refractivity (Wildman–Crippen MR) is 72.8 cm³/mol. The molecule has 1 saturated heterocycles. The minimum absolute atomic E-state index is 0.0878. The molecule has 0 saturated carbocycles. The first-order chi connectivity index (χ1) is 8.43. The number of anilines is 1. The molecule has 4 nitrogen and oxygen atoms in total. The highest BCUT2D eigenvalue weighted by Crippen LogP contribution is 2.28. The molecule has 0 bridgehead atoms. The number of aliphatic hydroxyl groups is 1. The summed E-state index contributed by atoms with van der Waals surface area (Å²) in [6.45, 7) is 2.23. The number of hydrogen-bond donors (Lipinski definition) is 1. The SMILES string of the molecule is CC1CS(=O)(=O)CCN1c1ccc(Cl)cc1CO. The van der Waals surface area contributed by atoms with Crippen LogP contribution in [0.2, 0.25) is 5.02 Å². The lowest BCUT2D eigenvalue weighted by Gasteiger charge is -2.36. The van der Waals surface area contributed by atoms with Crippen LogP contribution in [-0.2, 0) is 16.4 Å². The molecule has 0 radical (unpaired) electrons. The van der Waals surface area contributed by atoms with Crippen LogP contribution in [0.15, 0.2) is 18.2 Å². The molecule has 1 aromatic rings. The number of benzene rings is 1. The predicted octanol–water partition coefficient (Wildman–Crippen LogP) is 1.46. The highest BCUT2D eigenvalue weighted by Gasteiger charge is 2.29. The molecule has 2 rings (SSSR count). The van der Waals surface area contributed by atoms with Gasteiger partial charge in [-0.3, -0.25) is 0 Å². The van der Waals surface area contributed by atoms with Crippen LogP contribution in [0, 0.1) is 0 Å². The third-order valence-electron chi connectivity index (χ3n) is 3.19. The molecular formula is C12H16ClNO3S. The maximum absolute atomic E-state index is 11.5. The van der Waals surface area contributed by atoms with E-state index >= 15 is 0 Å². The van der Waals surface area contributed by atoms with Gasteiger partial charge in [-0.2, -0.15) is 0 Å². The third kappa shape index (κ3) is 2.79. The fraction of sp³-hybridized carbons (Fsp3) is 0.500. The zero-order chi connectivity index (χ0) is 13.3. The van der Waals surface area contributed by atoms with Gasteiger partial charge in [0.25, 0.3) is 0 Å². The Kier molecular flexibility index (Phi) is 3.84. The van der Waals surface area contributed by atoms with E-state index in [0.717, 1.165) is 11.3 Å². The number of aliphatic hydroxyl groups excluding tert-OH is 1. The molecule has 0 spiro atoms. The van der Waals surface area contributed by atoms with E-state index in [0.29, 0.717) is 11.6 Å². The monoisotopic (exact) mass is 289 g/mol. The fourth-order valence-electron chi connectivity index (χ4n) is 2.32. The normalized spacial score (nSPS) is 23.1. The topological polar surface area (TPSA) is 57.6 Å². The zero-order valence-corrected chi connectivity index (χ0v) is 11.7. The van der Waals surface area contributed by atoms with Gasteiger partial charge in [0.2, 0.25) is 0 Å². The van der Waals surface area contributed by atoms with E-state index < -0.39 is 9.84 Å². The van der Waals surface area contributed by atoms with Gasteiger partial charge >= 0.3 is 0 Å². The summed E-state index contributed by atoms with van der Waals surface area (Å²) in [4.78, 5) is 2.02. The molecule has 1 aliphatic rings. The van der Waals surface area contributed by atoms with Crippen molar-refractivity contribution in [2.24, 2.45) is 0 Å². The second-order valence-corrected chi connectivity index (χ2v) is 7.25. The molecule has 0 aromatic heterocycles. The molecule has 1 aliphatic heterocycles. The Morgan fingerprint density at radius 1 is 1.50 bits per heavy atom. The minimum Gasteiger partial charge on any atom is -0.392 e. The average Bonchev–Trinajstić information content (AvgIpc) is 2.29. The maximum atomic E-state index is 11.5. The van der Waals surface area contributed by atoms with Crippen molar-refractivity contribution in [1.82, 2.24) is 0 Å². The third-order valence-corrected chi connectivity index (χ3v) is 5.22. The summed E-state index contributed by atoms with van der Waals surface area (Å²) in [5, 5.41) is 9.93. The first-order valence-electron chi connectivity index (χ1n) is 5.79. The van der Waals surface area contributed by atoms with Crippen molar-refractivity contribution in [2.45, 2.75) is 19.6 Å². The van der Waals surface area contributed by atoms with E-state index in [1.165, 1.54) is 0 Å². The minimum atomic E-state index is -2.93. The summed E-state index contributed by atoms with van der Waals surface area (Å²) < 4.78 is 23.1. The lowest BCUT2D eigenvalue weighted by atomic mass is 10.1. The van der Waals surface area contributed by atoms with Crippen LogP contribution in [0.4, 0.5) is 5.69 Å². The van der Waals surface area contributed by atoms with E-state index in [2.05, 4.69) is 0 Å². The zero-order valence-electron chi connectivity index (χ0n) is 10.1. The lowest BCUT2D eigenvalue weighted by Crippen LogP contribution is -2.47. The number of sulfone groups is 1. The molecule has 0 aliphatic carbocycles. The highest BCUT2D eigenvalue weighted by molar-refractivity contribution is 7.91. The van der Waals surface area contributed by atoms with E-state index in [1.807, 2.05) is 17.9 Å². The lowest BCUT2D eigenvalue weighted by molar-refractivity contribution is 0.282. The van der Waals surface area contributed by atoms with Crippen molar-refractivity contribution in [3.8, 4) is 0 Å². The number of nitrogens with zero attached hydrogens (tertiary/aromatic N) is 1. The van der Waals surface area contributed by atoms with E-state index in [-0.39, 0.29) is 24.2 Å². The van der Waals surface area contributed by atoms with Crippen molar-refractivity contribution < 1.29 is 13.5 Å². The van der Waals surface area contributed by atoms with Gasteiger partial charge in [0.05, 0.1) is 18.1 Å². The van der Waals surface area contributed by atoms with Crippen molar-refractivity contribution in [1.29, 1.82) is 0 Å². The second kappa shape index (κ2) is 5.07. The van der Waals surface area contributed by atoms with Gasteiger partial charge in [-0.05, 0) is 25.1 Å². The van der Waals surface area contributed by atoms with Crippen LogP contribution in [0.25, 0.3) is 0 Å². The van der Waals surface area contributed by atoms with Gasteiger partial charge in [-0.15, -0.1) is 0 Å². The summed E-state index contributed by atoms with van der Waals surface area (Å²) in [5.41, 5.74) is 1.60. The second-order valence-electron chi connectivity index (χ2n) is 4.59. The highest BCUT2D eigenvalue weighted by atomic mass is 35.5. The van der Waals surface area contributed by atoms with Crippen molar-refractivity contribution in [2.75, 3.05) is 23.0 Å². The van der Waals surface area contributed by atoms with E-state index in [4.69, 9.17) is 11.6 Å². The average molecular weight is 290 g/mol. The summed E-state index contributed by atoms with van der Waals surface area (Å²) in [5.74, 6) is 0.311. The van der Waals surface area contributed by atoms with Crippen LogP contribution in [-0.4, -0.2) is 37.6 Å². The van der Waals surface area contributed by atoms with Crippen LogP contribution in [0.5, 0.6) is 0 Å². The van der Waals surface area contributed by atoms with Crippen LogP contribution >= 0.6 is 11.6 Å². The Morgan fingerprint density at radius 2 is 2.22 bits per heavy atom. The molecule has 0 amide bonds. The number of hydrogen-bond acceptors (Lipinski definition) is 4. The van der Waals surface area contributed by atoms with Gasteiger partial charge in [-0.1, -0.05) is 11.6 Å². The Bertz CT molecular complexity index is 544. The summed E-state index contributed by atoms with van der Waals surface area (Å²) in [6.07, 6.45) is 0. The standard InChI is InChI=1S/C12H16ClNO3S/c1-9-8-18(16,17)5-4-14(9)12-3-2-11(13)6-10(12)7-15/h2-3,6,9,15H,4-5,7-8H2,1H3. The molecule has 6 heteroatoms. The molecular weight excluding hydrogens is 274 g/mol. The summed E-state index contributed by atoms with van der Waals surface area (Å²) >= 11 is 5.89. The summed E-state index contributed by atoms with van der Waals surface area (Å²) in [7, 11) is -2.93. The Balaban J connectivity index is 2.32. The fourth-order valence-corrected chi connectivity index (χ4v) is 4.07. The van der Waals surface area contributed by atoms with E-state index in [1.54, 1.807) is 12.1 Å². The number of halogens is 1. The van der Waals surface area contributed by atoms with E-state index in [9.17, 15) is 13.5 Å². The van der Waals surface area contributed by atoms with Gasteiger partial charge in [-0.25, -0.2) is 8.42 Å². The quantitative estimate of drug-likeness (QED) is 0.895. The van der Waals surface area contributed by atoms with Crippen LogP contribution < -0.4 is 4.90 Å². The summed E-state index contributed by atoms with van der Waals surface area (Å²) in [6, 6.07) is 5.22.